The summed E-state index contributed by atoms with van der Waals surface area (Å²) >= 11 is 0.481. The Hall–Kier alpha value is -1.78. The predicted molar refractivity (Wildman–Crippen MR) is 74.2 cm³/mol. The van der Waals surface area contributed by atoms with Crippen LogP contribution in [-0.4, -0.2) is 16.0 Å². The summed E-state index contributed by atoms with van der Waals surface area (Å²) in [5, 5.41) is 2.02. The molecule has 0 aliphatic heterocycles. The van der Waals surface area contributed by atoms with Crippen molar-refractivity contribution in [3.63, 3.8) is 0 Å². The first-order valence-electron chi connectivity index (χ1n) is 6.61. The fourth-order valence-corrected chi connectivity index (χ4v) is 3.09. The molecule has 11 heteroatoms. The maximum Gasteiger partial charge on any atom is 0.459 e. The van der Waals surface area contributed by atoms with Gasteiger partial charge in [-0.15, -0.1) is 11.8 Å². The smallest absolute Gasteiger partial charge is 0.261 e. The quantitative estimate of drug-likeness (QED) is 0.515. The number of hydrogen-bond acceptors (Lipinski definition) is 2. The molecule has 0 saturated heterocycles. The molecule has 0 radical (unpaired) electrons. The Morgan fingerprint density at radius 2 is 1.52 bits per heavy atom. The first-order chi connectivity index (χ1) is 11.4. The van der Waals surface area contributed by atoms with Crippen LogP contribution in [-0.2, 0) is 24.9 Å². The molecular formula is C14H10F8N2S. The van der Waals surface area contributed by atoms with Crippen molar-refractivity contribution >= 4 is 11.8 Å². The Morgan fingerprint density at radius 3 is 2.00 bits per heavy atom. The van der Waals surface area contributed by atoms with Crippen LogP contribution >= 0.6 is 11.8 Å². The lowest BCUT2D eigenvalue weighted by atomic mass is 10.1. The monoisotopic (exact) mass is 390 g/mol. The number of aryl methyl sites for hydroxylation is 1. The van der Waals surface area contributed by atoms with Crippen molar-refractivity contribution in [2.75, 3.05) is 0 Å². The number of benzene rings is 1. The van der Waals surface area contributed by atoms with E-state index < -0.39 is 34.6 Å². The number of thioether (sulfide) groups is 1. The summed E-state index contributed by atoms with van der Waals surface area (Å²) in [6, 6.07) is 8.07. The van der Waals surface area contributed by atoms with Crippen LogP contribution in [0.5, 0.6) is 0 Å². The van der Waals surface area contributed by atoms with Gasteiger partial charge >= 0.3 is 18.3 Å². The molecule has 0 fully saturated rings. The van der Waals surface area contributed by atoms with Gasteiger partial charge in [0.15, 0.2) is 5.69 Å². The predicted octanol–water partition coefficient (Wildman–Crippen LogP) is 5.39. The molecule has 1 heterocycles. The molecule has 0 saturated carbocycles. The summed E-state index contributed by atoms with van der Waals surface area (Å²) in [4.78, 5) is 0. The van der Waals surface area contributed by atoms with Gasteiger partial charge in [0.05, 0.1) is 0 Å². The number of nitrogens with zero attached hydrogens (tertiary/aromatic N) is 2. The average molecular weight is 390 g/mol. The van der Waals surface area contributed by atoms with E-state index in [2.05, 4.69) is 5.10 Å². The Kier molecular flexibility index (Phi) is 5.08. The van der Waals surface area contributed by atoms with E-state index in [-0.39, 0.29) is 5.75 Å². The topological polar surface area (TPSA) is 17.8 Å². The molecule has 0 atom stereocenters. The molecule has 1 aromatic heterocycles. The summed E-state index contributed by atoms with van der Waals surface area (Å²) in [5.74, 6) is -5.78. The fraction of sp³-hybridized carbons (Fsp3) is 0.357. The Bertz CT molecular complexity index is 734. The minimum Gasteiger partial charge on any atom is -0.261 e. The fourth-order valence-electron chi connectivity index (χ4n) is 2.01. The molecule has 0 spiro atoms. The van der Waals surface area contributed by atoms with Crippen molar-refractivity contribution in [2.45, 2.75) is 29.1 Å². The van der Waals surface area contributed by atoms with Gasteiger partial charge in [0.25, 0.3) is 0 Å². The maximum atomic E-state index is 13.5. The molecule has 1 aromatic carbocycles. The zero-order chi connectivity index (χ0) is 19.0. The third-order valence-electron chi connectivity index (χ3n) is 3.15. The average Bonchev–Trinajstić information content (AvgIpc) is 2.82. The number of halogens is 8. The molecule has 0 unspecified atom stereocenters. The van der Waals surface area contributed by atoms with E-state index in [0.717, 1.165) is 7.05 Å². The highest BCUT2D eigenvalue weighted by Gasteiger charge is 2.64. The number of alkyl halides is 8. The van der Waals surface area contributed by atoms with Gasteiger partial charge < -0.3 is 0 Å². The molecule has 0 aliphatic carbocycles. The zero-order valence-electron chi connectivity index (χ0n) is 12.4. The van der Waals surface area contributed by atoms with Gasteiger partial charge in [-0.05, 0) is 5.56 Å². The summed E-state index contributed by atoms with van der Waals surface area (Å²) in [5.41, 5.74) is -3.84. The van der Waals surface area contributed by atoms with Crippen molar-refractivity contribution in [1.82, 2.24) is 9.78 Å². The second-order valence-electron chi connectivity index (χ2n) is 5.00. The lowest BCUT2D eigenvalue weighted by molar-refractivity contribution is -0.292. The molecular weight excluding hydrogens is 380 g/mol. The van der Waals surface area contributed by atoms with Gasteiger partial charge in [-0.2, -0.15) is 40.2 Å². The highest BCUT2D eigenvalue weighted by Crippen LogP contribution is 2.50. The third kappa shape index (κ3) is 3.91. The van der Waals surface area contributed by atoms with E-state index in [4.69, 9.17) is 0 Å². The third-order valence-corrected chi connectivity index (χ3v) is 4.37. The standard InChI is InChI=1S/C14H10F8N2S/c1-24-11(25-7-8-5-3-2-4-6-8)9(13(17,18)19)10(23-24)12(15,16)14(20,21)22/h2-6H,7H2,1H3. The molecule has 2 nitrogen and oxygen atoms in total. The van der Waals surface area contributed by atoms with Gasteiger partial charge in [0, 0.05) is 12.8 Å². The van der Waals surface area contributed by atoms with Crippen LogP contribution < -0.4 is 0 Å². The number of aromatic nitrogens is 2. The Labute approximate surface area is 140 Å². The first kappa shape index (κ1) is 19.5. The van der Waals surface area contributed by atoms with E-state index in [1.807, 2.05) is 0 Å². The van der Waals surface area contributed by atoms with Crippen molar-refractivity contribution in [2.24, 2.45) is 7.05 Å². The van der Waals surface area contributed by atoms with Crippen LogP contribution in [0, 0.1) is 0 Å². The normalized spacial score (nSPS) is 13.3. The summed E-state index contributed by atoms with van der Waals surface area (Å²) in [6.07, 6.45) is -11.6. The molecule has 0 aliphatic rings. The van der Waals surface area contributed by atoms with Gasteiger partial charge in [0.1, 0.15) is 10.6 Å². The summed E-state index contributed by atoms with van der Waals surface area (Å²) in [6.45, 7) is 0. The van der Waals surface area contributed by atoms with Crippen LogP contribution in [0.4, 0.5) is 35.1 Å². The molecule has 0 amide bonds. The summed E-state index contributed by atoms with van der Waals surface area (Å²) < 4.78 is 105. The highest BCUT2D eigenvalue weighted by molar-refractivity contribution is 7.98. The van der Waals surface area contributed by atoms with Gasteiger partial charge in [-0.25, -0.2) is 0 Å². The molecule has 25 heavy (non-hydrogen) atoms. The van der Waals surface area contributed by atoms with Gasteiger partial charge in [-0.1, -0.05) is 30.3 Å². The summed E-state index contributed by atoms with van der Waals surface area (Å²) in [7, 11) is 0.887. The lowest BCUT2D eigenvalue weighted by Crippen LogP contribution is -2.36. The van der Waals surface area contributed by atoms with Crippen molar-refractivity contribution in [3.8, 4) is 0 Å². The maximum absolute atomic E-state index is 13.5. The zero-order valence-corrected chi connectivity index (χ0v) is 13.2. The van der Waals surface area contributed by atoms with Gasteiger partial charge in [-0.3, -0.25) is 4.68 Å². The van der Waals surface area contributed by atoms with Crippen molar-refractivity contribution in [3.05, 3.63) is 47.2 Å². The minimum absolute atomic E-state index is 0.0551. The van der Waals surface area contributed by atoms with Crippen LogP contribution in [0.15, 0.2) is 35.4 Å². The Balaban J connectivity index is 2.50. The lowest BCUT2D eigenvalue weighted by Gasteiger charge is -2.19. The Morgan fingerprint density at radius 1 is 0.960 bits per heavy atom. The van der Waals surface area contributed by atoms with Crippen LogP contribution in [0.3, 0.4) is 0 Å². The molecule has 0 bridgehead atoms. The molecule has 138 valence electrons. The van der Waals surface area contributed by atoms with E-state index in [0.29, 0.717) is 22.0 Å². The van der Waals surface area contributed by atoms with Crippen molar-refractivity contribution in [1.29, 1.82) is 0 Å². The van der Waals surface area contributed by atoms with E-state index >= 15 is 0 Å². The van der Waals surface area contributed by atoms with Crippen LogP contribution in [0.25, 0.3) is 0 Å². The van der Waals surface area contributed by atoms with E-state index in [1.165, 1.54) is 0 Å². The SMILES string of the molecule is Cn1nc(C(F)(F)C(F)(F)F)c(C(F)(F)F)c1SCc1ccccc1. The van der Waals surface area contributed by atoms with Gasteiger partial charge in [0.2, 0.25) is 0 Å². The van der Waals surface area contributed by atoms with E-state index in [9.17, 15) is 35.1 Å². The van der Waals surface area contributed by atoms with Crippen LogP contribution in [0.1, 0.15) is 16.8 Å². The first-order valence-corrected chi connectivity index (χ1v) is 7.60. The van der Waals surface area contributed by atoms with E-state index in [1.54, 1.807) is 30.3 Å². The highest BCUT2D eigenvalue weighted by atomic mass is 32.2. The molecule has 2 aromatic rings. The van der Waals surface area contributed by atoms with Crippen LogP contribution in [0.2, 0.25) is 0 Å². The molecule has 2 rings (SSSR count). The second-order valence-corrected chi connectivity index (χ2v) is 5.96. The van der Waals surface area contributed by atoms with Crippen molar-refractivity contribution < 1.29 is 35.1 Å². The second kappa shape index (κ2) is 6.50. The largest absolute Gasteiger partial charge is 0.459 e. The number of rotatable bonds is 4. The number of hydrogen-bond donors (Lipinski definition) is 0. The minimum atomic E-state index is -6.19. The molecule has 0 N–H and O–H groups in total.